The fraction of sp³-hybridized carbons (Fsp3) is 0.0500. The van der Waals surface area contributed by atoms with Crippen LogP contribution in [0.3, 0.4) is 0 Å². The number of nitrogens with one attached hydrogen (secondary N) is 1. The Morgan fingerprint density at radius 1 is 0.840 bits per heavy atom. The molecule has 0 aromatic heterocycles. The molecule has 3 aromatic carbocycles. The zero-order valence-electron chi connectivity index (χ0n) is 13.3. The zero-order chi connectivity index (χ0) is 17.5. The number of amides is 1. The molecule has 1 amide bonds. The highest BCUT2D eigenvalue weighted by Gasteiger charge is 2.10. The van der Waals surface area contributed by atoms with Crippen LogP contribution in [0, 0.1) is 0 Å². The van der Waals surface area contributed by atoms with E-state index in [2.05, 4.69) is 5.32 Å². The van der Waals surface area contributed by atoms with E-state index in [1.165, 1.54) is 0 Å². The Labute approximate surface area is 151 Å². The standard InChI is InChI=1S/C20H16ClNO3/c21-16-10-4-6-12-18(16)24-14-20(23)22-17-11-5-7-13-19(17)25-15-8-2-1-3-9-15/h1-13H,14H2,(H,22,23). The maximum atomic E-state index is 12.2. The van der Waals surface area contributed by atoms with E-state index in [-0.39, 0.29) is 12.5 Å². The Bertz CT molecular complexity index is 852. The number of hydrogen-bond donors (Lipinski definition) is 1. The average Bonchev–Trinajstić information content (AvgIpc) is 2.64. The van der Waals surface area contributed by atoms with Gasteiger partial charge in [0.05, 0.1) is 10.7 Å². The number of para-hydroxylation sites is 4. The molecule has 0 aliphatic carbocycles. The molecule has 3 aromatic rings. The van der Waals surface area contributed by atoms with Crippen LogP contribution in [0.5, 0.6) is 17.2 Å². The van der Waals surface area contributed by atoms with Crippen molar-refractivity contribution < 1.29 is 14.3 Å². The first-order valence-corrected chi connectivity index (χ1v) is 8.09. The van der Waals surface area contributed by atoms with Gasteiger partial charge in [0.2, 0.25) is 0 Å². The number of hydrogen-bond acceptors (Lipinski definition) is 3. The smallest absolute Gasteiger partial charge is 0.262 e. The summed E-state index contributed by atoms with van der Waals surface area (Å²) in [6.45, 7) is -0.149. The largest absolute Gasteiger partial charge is 0.482 e. The highest BCUT2D eigenvalue weighted by atomic mass is 35.5. The molecule has 3 rings (SSSR count). The van der Waals surface area contributed by atoms with Gasteiger partial charge in [-0.05, 0) is 36.4 Å². The number of ether oxygens (including phenoxy) is 2. The first kappa shape index (κ1) is 16.9. The van der Waals surface area contributed by atoms with E-state index in [0.717, 1.165) is 0 Å². The van der Waals surface area contributed by atoms with Gasteiger partial charge in [0.15, 0.2) is 12.4 Å². The summed E-state index contributed by atoms with van der Waals surface area (Å²) in [6.07, 6.45) is 0. The number of rotatable bonds is 6. The molecule has 0 fully saturated rings. The van der Waals surface area contributed by atoms with E-state index in [4.69, 9.17) is 21.1 Å². The Hall–Kier alpha value is -2.98. The van der Waals surface area contributed by atoms with Crippen LogP contribution in [0.4, 0.5) is 5.69 Å². The van der Waals surface area contributed by atoms with E-state index in [0.29, 0.717) is 28.0 Å². The number of carbonyl (C=O) groups is 1. The Balaban J connectivity index is 1.64. The Morgan fingerprint density at radius 3 is 2.24 bits per heavy atom. The van der Waals surface area contributed by atoms with Crippen LogP contribution in [0.25, 0.3) is 0 Å². The summed E-state index contributed by atoms with van der Waals surface area (Å²) in [5, 5.41) is 3.25. The van der Waals surface area contributed by atoms with Gasteiger partial charge in [-0.2, -0.15) is 0 Å². The van der Waals surface area contributed by atoms with Gasteiger partial charge < -0.3 is 14.8 Å². The summed E-state index contributed by atoms with van der Waals surface area (Å²) in [7, 11) is 0. The normalized spacial score (nSPS) is 10.1. The van der Waals surface area contributed by atoms with E-state index < -0.39 is 0 Å². The van der Waals surface area contributed by atoms with Gasteiger partial charge in [0.25, 0.3) is 5.91 Å². The summed E-state index contributed by atoms with van der Waals surface area (Å²) in [6, 6.07) is 23.6. The van der Waals surface area contributed by atoms with E-state index in [1.54, 1.807) is 36.4 Å². The topological polar surface area (TPSA) is 47.6 Å². The van der Waals surface area contributed by atoms with Crippen molar-refractivity contribution in [3.8, 4) is 17.2 Å². The van der Waals surface area contributed by atoms with Crippen molar-refractivity contribution in [3.05, 3.63) is 83.9 Å². The lowest BCUT2D eigenvalue weighted by Crippen LogP contribution is -2.20. The molecule has 5 heteroatoms. The van der Waals surface area contributed by atoms with Crippen LogP contribution >= 0.6 is 11.6 Å². The monoisotopic (exact) mass is 353 g/mol. The van der Waals surface area contributed by atoms with Crippen LogP contribution < -0.4 is 14.8 Å². The molecule has 0 heterocycles. The second-order valence-corrected chi connectivity index (χ2v) is 5.59. The van der Waals surface area contributed by atoms with E-state index >= 15 is 0 Å². The first-order chi connectivity index (χ1) is 12.2. The predicted octanol–water partition coefficient (Wildman–Crippen LogP) is 5.15. The minimum Gasteiger partial charge on any atom is -0.482 e. The maximum Gasteiger partial charge on any atom is 0.262 e. The second kappa shape index (κ2) is 8.22. The van der Waals surface area contributed by atoms with Gasteiger partial charge in [-0.3, -0.25) is 4.79 Å². The third-order valence-corrected chi connectivity index (χ3v) is 3.64. The molecule has 0 radical (unpaired) electrons. The van der Waals surface area contributed by atoms with Crippen molar-refractivity contribution in [2.45, 2.75) is 0 Å². The van der Waals surface area contributed by atoms with E-state index in [1.807, 2.05) is 42.5 Å². The summed E-state index contributed by atoms with van der Waals surface area (Å²) in [4.78, 5) is 12.2. The molecule has 0 saturated heterocycles. The highest BCUT2D eigenvalue weighted by molar-refractivity contribution is 6.32. The predicted molar refractivity (Wildman–Crippen MR) is 98.5 cm³/mol. The zero-order valence-corrected chi connectivity index (χ0v) is 14.1. The molecular weight excluding hydrogens is 338 g/mol. The van der Waals surface area contributed by atoms with Crippen LogP contribution in [0.15, 0.2) is 78.9 Å². The van der Waals surface area contributed by atoms with Gasteiger partial charge in [-0.1, -0.05) is 54.1 Å². The van der Waals surface area contributed by atoms with Crippen molar-refractivity contribution >= 4 is 23.2 Å². The molecular formula is C20H16ClNO3. The third kappa shape index (κ3) is 4.75. The second-order valence-electron chi connectivity index (χ2n) is 5.18. The number of benzene rings is 3. The lowest BCUT2D eigenvalue weighted by molar-refractivity contribution is -0.118. The number of anilines is 1. The van der Waals surface area contributed by atoms with Crippen molar-refractivity contribution in [1.29, 1.82) is 0 Å². The summed E-state index contributed by atoms with van der Waals surface area (Å²) >= 11 is 6.01. The third-order valence-electron chi connectivity index (χ3n) is 3.33. The van der Waals surface area contributed by atoms with Crippen molar-refractivity contribution in [2.24, 2.45) is 0 Å². The molecule has 0 atom stereocenters. The van der Waals surface area contributed by atoms with E-state index in [9.17, 15) is 4.79 Å². The molecule has 0 bridgehead atoms. The maximum absolute atomic E-state index is 12.2. The Morgan fingerprint density at radius 2 is 1.48 bits per heavy atom. The minimum atomic E-state index is -0.302. The minimum absolute atomic E-state index is 0.149. The molecule has 0 aliphatic rings. The van der Waals surface area contributed by atoms with Gasteiger partial charge in [0.1, 0.15) is 11.5 Å². The average molecular weight is 354 g/mol. The molecule has 4 nitrogen and oxygen atoms in total. The first-order valence-electron chi connectivity index (χ1n) is 7.71. The molecule has 25 heavy (non-hydrogen) atoms. The van der Waals surface area contributed by atoms with Crippen molar-refractivity contribution in [3.63, 3.8) is 0 Å². The summed E-state index contributed by atoms with van der Waals surface area (Å²) < 4.78 is 11.3. The summed E-state index contributed by atoms with van der Waals surface area (Å²) in [5.74, 6) is 1.41. The van der Waals surface area contributed by atoms with Crippen LogP contribution in [0.2, 0.25) is 5.02 Å². The Kier molecular flexibility index (Phi) is 5.54. The van der Waals surface area contributed by atoms with Gasteiger partial charge in [0, 0.05) is 0 Å². The molecule has 126 valence electrons. The van der Waals surface area contributed by atoms with Crippen LogP contribution in [-0.4, -0.2) is 12.5 Å². The SMILES string of the molecule is O=C(COc1ccccc1Cl)Nc1ccccc1Oc1ccccc1. The molecule has 0 unspecified atom stereocenters. The molecule has 0 saturated carbocycles. The van der Waals surface area contributed by atoms with Crippen molar-refractivity contribution in [2.75, 3.05) is 11.9 Å². The van der Waals surface area contributed by atoms with Gasteiger partial charge in [-0.25, -0.2) is 0 Å². The number of halogens is 1. The quantitative estimate of drug-likeness (QED) is 0.666. The number of carbonyl (C=O) groups excluding carboxylic acids is 1. The molecule has 0 spiro atoms. The summed E-state index contributed by atoms with van der Waals surface area (Å²) in [5.41, 5.74) is 0.569. The van der Waals surface area contributed by atoms with Crippen LogP contribution in [0.1, 0.15) is 0 Å². The lowest BCUT2D eigenvalue weighted by Gasteiger charge is -2.13. The molecule has 0 aliphatic heterocycles. The fourth-order valence-corrected chi connectivity index (χ4v) is 2.36. The van der Waals surface area contributed by atoms with Gasteiger partial charge >= 0.3 is 0 Å². The highest BCUT2D eigenvalue weighted by Crippen LogP contribution is 2.29. The molecule has 1 N–H and O–H groups in total. The van der Waals surface area contributed by atoms with Gasteiger partial charge in [-0.15, -0.1) is 0 Å². The lowest BCUT2D eigenvalue weighted by atomic mass is 10.3. The van der Waals surface area contributed by atoms with Crippen molar-refractivity contribution in [1.82, 2.24) is 0 Å². The fourth-order valence-electron chi connectivity index (χ4n) is 2.17. The van der Waals surface area contributed by atoms with Crippen LogP contribution in [-0.2, 0) is 4.79 Å².